The van der Waals surface area contributed by atoms with Crippen LogP contribution in [0.1, 0.15) is 68.2 Å². The third-order valence-corrected chi connectivity index (χ3v) is 8.03. The van der Waals surface area contributed by atoms with Crippen LogP contribution < -0.4 is 5.32 Å². The number of halogens is 2. The summed E-state index contributed by atoms with van der Waals surface area (Å²) >= 11 is 12.9. The smallest absolute Gasteiger partial charge is 0.255 e. The molecule has 0 radical (unpaired) electrons. The molecule has 39 heavy (non-hydrogen) atoms. The lowest BCUT2D eigenvalue weighted by Crippen LogP contribution is -2.49. The fourth-order valence-electron chi connectivity index (χ4n) is 5.33. The van der Waals surface area contributed by atoms with Crippen molar-refractivity contribution >= 4 is 56.9 Å². The van der Waals surface area contributed by atoms with E-state index >= 15 is 0 Å². The second-order valence-corrected chi connectivity index (χ2v) is 11.3. The zero-order valence-electron chi connectivity index (χ0n) is 22.7. The molecule has 1 saturated heterocycles. The first-order chi connectivity index (χ1) is 18.8. The van der Waals surface area contributed by atoms with Gasteiger partial charge in [0.15, 0.2) is 0 Å². The molecule has 0 saturated carbocycles. The first kappa shape index (κ1) is 27.6. The van der Waals surface area contributed by atoms with Crippen molar-refractivity contribution in [2.75, 3.05) is 32.0 Å². The Bertz CT molecular complexity index is 1470. The highest BCUT2D eigenvalue weighted by atomic mass is 35.5. The highest BCUT2D eigenvalue weighted by Crippen LogP contribution is 2.31. The fraction of sp³-hybridized carbons (Fsp3) is 0.448. The number of benzene rings is 2. The van der Waals surface area contributed by atoms with E-state index in [1.807, 2.05) is 30.0 Å². The van der Waals surface area contributed by atoms with E-state index in [0.717, 1.165) is 74.0 Å². The van der Waals surface area contributed by atoms with Crippen molar-refractivity contribution in [1.29, 1.82) is 0 Å². The Morgan fingerprint density at radius 2 is 2.05 bits per heavy atom. The summed E-state index contributed by atoms with van der Waals surface area (Å²) in [6.07, 6.45) is 6.98. The van der Waals surface area contributed by atoms with E-state index < -0.39 is 0 Å². The number of aromatic nitrogens is 4. The lowest BCUT2D eigenvalue weighted by atomic mass is 9.99. The molecule has 2 N–H and O–H groups in total. The Hall–Kier alpha value is -2.94. The van der Waals surface area contributed by atoms with Crippen LogP contribution in [0.5, 0.6) is 0 Å². The minimum absolute atomic E-state index is 0.0297. The molecule has 0 spiro atoms. The first-order valence-corrected chi connectivity index (χ1v) is 14.4. The molecule has 1 aliphatic heterocycles. The van der Waals surface area contributed by atoms with E-state index in [2.05, 4.69) is 44.1 Å². The summed E-state index contributed by atoms with van der Waals surface area (Å²) in [5.41, 5.74) is 2.86. The van der Waals surface area contributed by atoms with Crippen molar-refractivity contribution in [1.82, 2.24) is 29.7 Å². The Labute approximate surface area is 239 Å². The third-order valence-electron chi connectivity index (χ3n) is 7.48. The van der Waals surface area contributed by atoms with Crippen LogP contribution in [-0.2, 0) is 0 Å². The van der Waals surface area contributed by atoms with Crippen LogP contribution in [0.3, 0.4) is 0 Å². The number of carbonyl (C=O) groups excluding carboxylic acids is 1. The maximum atomic E-state index is 13.8. The monoisotopic (exact) mass is 567 g/mol. The topological polar surface area (TPSA) is 90.0 Å². The number of hydrogen-bond donors (Lipinski definition) is 2. The second kappa shape index (κ2) is 12.1. The summed E-state index contributed by atoms with van der Waals surface area (Å²) in [7, 11) is 2.14. The summed E-state index contributed by atoms with van der Waals surface area (Å²) in [4.78, 5) is 35.1. The molecule has 2 aromatic heterocycles. The Morgan fingerprint density at radius 1 is 1.21 bits per heavy atom. The van der Waals surface area contributed by atoms with E-state index in [1.54, 1.807) is 12.1 Å². The fourth-order valence-corrected chi connectivity index (χ4v) is 5.74. The number of aromatic amines is 1. The molecule has 5 rings (SSSR count). The van der Waals surface area contributed by atoms with Crippen LogP contribution in [0.15, 0.2) is 36.7 Å². The van der Waals surface area contributed by atoms with Crippen LogP contribution in [0.2, 0.25) is 10.0 Å². The van der Waals surface area contributed by atoms with Crippen molar-refractivity contribution < 1.29 is 4.79 Å². The number of carbonyl (C=O) groups is 1. The van der Waals surface area contributed by atoms with Crippen LogP contribution >= 0.6 is 23.2 Å². The summed E-state index contributed by atoms with van der Waals surface area (Å²) in [6.45, 7) is 6.86. The number of unbranched alkanes of at least 4 members (excludes halogenated alkanes) is 1. The van der Waals surface area contributed by atoms with Gasteiger partial charge in [-0.15, -0.1) is 0 Å². The maximum absolute atomic E-state index is 13.8. The molecule has 206 valence electrons. The Morgan fingerprint density at radius 3 is 2.87 bits per heavy atom. The Kier molecular flexibility index (Phi) is 8.54. The van der Waals surface area contributed by atoms with Gasteiger partial charge in [0.25, 0.3) is 5.91 Å². The number of fused-ring (bicyclic) bond motifs is 2. The molecule has 1 fully saturated rings. The van der Waals surface area contributed by atoms with Gasteiger partial charge in [-0.2, -0.15) is 0 Å². The summed E-state index contributed by atoms with van der Waals surface area (Å²) in [6, 6.07) is 9.17. The van der Waals surface area contributed by atoms with Crippen molar-refractivity contribution in [3.8, 4) is 0 Å². The molecule has 2 atom stereocenters. The van der Waals surface area contributed by atoms with Gasteiger partial charge in [-0.1, -0.05) is 36.5 Å². The molecule has 4 aromatic rings. The summed E-state index contributed by atoms with van der Waals surface area (Å²) in [5, 5.41) is 5.23. The Balaban J connectivity index is 1.38. The molecule has 0 aliphatic carbocycles. The van der Waals surface area contributed by atoms with Crippen molar-refractivity contribution in [3.63, 3.8) is 0 Å². The maximum Gasteiger partial charge on any atom is 0.255 e. The number of piperidine rings is 1. The zero-order valence-corrected chi connectivity index (χ0v) is 24.2. The molecule has 10 heteroatoms. The van der Waals surface area contributed by atoms with Crippen molar-refractivity contribution in [2.45, 2.75) is 58.0 Å². The average Bonchev–Trinajstić information content (AvgIpc) is 3.35. The first-order valence-electron chi connectivity index (χ1n) is 13.7. The molecule has 8 nitrogen and oxygen atoms in total. The number of anilines is 1. The molecule has 0 bridgehead atoms. The van der Waals surface area contributed by atoms with Crippen LogP contribution in [0.25, 0.3) is 21.9 Å². The van der Waals surface area contributed by atoms with Gasteiger partial charge >= 0.3 is 0 Å². The number of rotatable bonds is 9. The number of hydrogen-bond acceptors (Lipinski definition) is 6. The molecular weight excluding hydrogens is 533 g/mol. The number of likely N-dealkylation sites (tertiary alicyclic amines) is 1. The normalized spacial score (nSPS) is 16.8. The van der Waals surface area contributed by atoms with Gasteiger partial charge in [0.2, 0.25) is 0 Å². The zero-order chi connectivity index (χ0) is 27.5. The van der Waals surface area contributed by atoms with E-state index in [9.17, 15) is 4.79 Å². The third kappa shape index (κ3) is 6.13. The average molecular weight is 569 g/mol. The van der Waals surface area contributed by atoms with Crippen molar-refractivity contribution in [2.24, 2.45) is 0 Å². The van der Waals surface area contributed by atoms with Gasteiger partial charge in [-0.25, -0.2) is 15.0 Å². The highest BCUT2D eigenvalue weighted by Gasteiger charge is 2.30. The SMILES string of the molecule is CCCCN(C)CC1CCCCN1C(=O)c1cc2ncnc(NC(C)c3nc4ccc(Cl)cc4[nH]3)c2cc1Cl. The highest BCUT2D eigenvalue weighted by molar-refractivity contribution is 6.35. The van der Waals surface area contributed by atoms with E-state index in [-0.39, 0.29) is 18.0 Å². The van der Waals surface area contributed by atoms with E-state index in [1.165, 1.54) is 6.33 Å². The minimum Gasteiger partial charge on any atom is -0.360 e. The predicted octanol–water partition coefficient (Wildman–Crippen LogP) is 6.71. The lowest BCUT2D eigenvalue weighted by molar-refractivity contribution is 0.0561. The number of likely N-dealkylation sites (N-methyl/N-ethyl adjacent to an activating group) is 1. The number of imidazole rings is 1. The molecule has 2 unspecified atom stereocenters. The van der Waals surface area contributed by atoms with Crippen LogP contribution in [0, 0.1) is 0 Å². The predicted molar refractivity (Wildman–Crippen MR) is 159 cm³/mol. The number of H-pyrrole nitrogens is 1. The van der Waals surface area contributed by atoms with Gasteiger partial charge < -0.3 is 20.1 Å². The molecular formula is C29H35Cl2N7O. The van der Waals surface area contributed by atoms with E-state index in [0.29, 0.717) is 26.9 Å². The quantitative estimate of drug-likeness (QED) is 0.233. The molecule has 3 heterocycles. The van der Waals surface area contributed by atoms with Gasteiger partial charge in [0, 0.05) is 29.5 Å². The molecule has 2 aromatic carbocycles. The number of nitrogens with one attached hydrogen (secondary N) is 2. The van der Waals surface area contributed by atoms with Crippen LogP contribution in [0.4, 0.5) is 5.82 Å². The van der Waals surface area contributed by atoms with Crippen LogP contribution in [-0.4, -0.2) is 68.4 Å². The number of nitrogens with zero attached hydrogens (tertiary/aromatic N) is 5. The van der Waals surface area contributed by atoms with Gasteiger partial charge in [0.05, 0.1) is 33.2 Å². The lowest BCUT2D eigenvalue weighted by Gasteiger charge is -2.38. The summed E-state index contributed by atoms with van der Waals surface area (Å²) < 4.78 is 0. The largest absolute Gasteiger partial charge is 0.360 e. The van der Waals surface area contributed by atoms with Gasteiger partial charge in [0.1, 0.15) is 18.0 Å². The molecule has 1 amide bonds. The van der Waals surface area contributed by atoms with Gasteiger partial charge in [-0.3, -0.25) is 4.79 Å². The van der Waals surface area contributed by atoms with Crippen molar-refractivity contribution in [3.05, 3.63) is 58.1 Å². The minimum atomic E-state index is -0.173. The summed E-state index contributed by atoms with van der Waals surface area (Å²) in [5.74, 6) is 1.36. The van der Waals surface area contributed by atoms with E-state index in [4.69, 9.17) is 23.2 Å². The molecule has 1 aliphatic rings. The standard InChI is InChI=1S/C29H35Cl2N7O/c1-4-5-11-37(3)16-20-8-6-7-12-38(20)29(39)21-15-25-22(14-23(21)31)28(33-17-32-25)34-18(2)27-35-24-10-9-19(30)13-26(24)36-27/h9-10,13-15,17-18,20H,4-8,11-12,16H2,1-3H3,(H,35,36)(H,32,33,34). The second-order valence-electron chi connectivity index (χ2n) is 10.5. The van der Waals surface area contributed by atoms with Gasteiger partial charge in [-0.05, 0) is 76.5 Å². The number of amides is 1.